The van der Waals surface area contributed by atoms with Crippen molar-refractivity contribution in [2.75, 3.05) is 18.1 Å². The molecule has 166 valence electrons. The maximum Gasteiger partial charge on any atom is 0.282 e. The van der Waals surface area contributed by atoms with Crippen LogP contribution in [-0.2, 0) is 22.6 Å². The van der Waals surface area contributed by atoms with Gasteiger partial charge in [0.25, 0.3) is 11.8 Å². The van der Waals surface area contributed by atoms with Crippen LogP contribution < -0.4 is 9.64 Å². The molecule has 6 heteroatoms. The number of rotatable bonds is 5. The third-order valence-electron chi connectivity index (χ3n) is 6.05. The first kappa shape index (κ1) is 20.9. The number of halogens is 1. The highest BCUT2D eigenvalue weighted by atomic mass is 19.1. The van der Waals surface area contributed by atoms with Crippen molar-refractivity contribution in [1.29, 1.82) is 0 Å². The molecule has 0 aromatic heterocycles. The molecule has 0 saturated carbocycles. The van der Waals surface area contributed by atoms with Gasteiger partial charge >= 0.3 is 0 Å². The van der Waals surface area contributed by atoms with Crippen LogP contribution in [0.15, 0.2) is 78.5 Å². The summed E-state index contributed by atoms with van der Waals surface area (Å²) in [6, 6.07) is 21.0. The summed E-state index contributed by atoms with van der Waals surface area (Å²) in [5, 5.41) is 0. The molecular formula is C27H23FN2O3. The number of benzene rings is 3. The van der Waals surface area contributed by atoms with Gasteiger partial charge in [0.05, 0.1) is 17.9 Å². The van der Waals surface area contributed by atoms with Gasteiger partial charge in [0, 0.05) is 13.1 Å². The molecule has 0 spiro atoms. The summed E-state index contributed by atoms with van der Waals surface area (Å²) in [6.45, 7) is 3.53. The maximum absolute atomic E-state index is 14.6. The number of imide groups is 1. The summed E-state index contributed by atoms with van der Waals surface area (Å²) < 4.78 is 20.1. The fourth-order valence-electron chi connectivity index (χ4n) is 4.49. The number of hydrogen-bond acceptors (Lipinski definition) is 4. The minimum Gasteiger partial charge on any atom is -0.494 e. The molecule has 0 atom stereocenters. The molecule has 5 rings (SSSR count). The minimum absolute atomic E-state index is 0.0386. The van der Waals surface area contributed by atoms with Gasteiger partial charge < -0.3 is 9.64 Å². The SMILES string of the molecule is CCOc1ccc(C2=C(N3CCc4ccccc4C3)C(=O)N(c3ccccc3F)C2=O)cc1. The second-order valence-electron chi connectivity index (χ2n) is 8.02. The number of carbonyl (C=O) groups is 2. The van der Waals surface area contributed by atoms with Gasteiger partial charge in [0.1, 0.15) is 17.3 Å². The summed E-state index contributed by atoms with van der Waals surface area (Å²) in [4.78, 5) is 30.1. The summed E-state index contributed by atoms with van der Waals surface area (Å²) in [5.41, 5.74) is 3.51. The van der Waals surface area contributed by atoms with E-state index in [-0.39, 0.29) is 11.3 Å². The summed E-state index contributed by atoms with van der Waals surface area (Å²) in [5.74, 6) is -0.968. The standard InChI is InChI=1S/C27H23FN2O3/c1-2-33-21-13-11-19(12-14-21)24-25(29-16-15-18-7-3-4-8-20(18)17-29)27(32)30(26(24)31)23-10-6-5-9-22(23)28/h3-14H,2,15-17H2,1H3. The number of fused-ring (bicyclic) bond motifs is 1. The first-order valence-corrected chi connectivity index (χ1v) is 11.0. The van der Waals surface area contributed by atoms with Gasteiger partial charge in [-0.25, -0.2) is 9.29 Å². The normalized spacial score (nSPS) is 15.8. The van der Waals surface area contributed by atoms with Gasteiger partial charge in [-0.05, 0) is 54.3 Å². The molecule has 2 amide bonds. The van der Waals surface area contributed by atoms with Crippen LogP contribution in [0, 0.1) is 5.82 Å². The van der Waals surface area contributed by atoms with Crippen LogP contribution in [0.1, 0.15) is 23.6 Å². The zero-order chi connectivity index (χ0) is 22.9. The Kier molecular flexibility index (Phi) is 5.42. The van der Waals surface area contributed by atoms with Crippen LogP contribution in [0.5, 0.6) is 5.75 Å². The monoisotopic (exact) mass is 442 g/mol. The van der Waals surface area contributed by atoms with E-state index in [4.69, 9.17) is 4.74 Å². The molecule has 0 bridgehead atoms. The van der Waals surface area contributed by atoms with E-state index in [1.54, 1.807) is 30.3 Å². The van der Waals surface area contributed by atoms with Gasteiger partial charge in [-0.1, -0.05) is 48.5 Å². The zero-order valence-electron chi connectivity index (χ0n) is 18.3. The molecule has 0 N–H and O–H groups in total. The second kappa shape index (κ2) is 8.54. The van der Waals surface area contributed by atoms with Crippen LogP contribution >= 0.6 is 0 Å². The van der Waals surface area contributed by atoms with Gasteiger partial charge in [-0.15, -0.1) is 0 Å². The Morgan fingerprint density at radius 2 is 1.58 bits per heavy atom. The van der Waals surface area contributed by atoms with E-state index in [1.165, 1.54) is 23.8 Å². The molecule has 5 nitrogen and oxygen atoms in total. The molecular weight excluding hydrogens is 419 g/mol. The van der Waals surface area contributed by atoms with Crippen LogP contribution in [0.3, 0.4) is 0 Å². The topological polar surface area (TPSA) is 49.9 Å². The first-order chi connectivity index (χ1) is 16.1. The average Bonchev–Trinajstić information content (AvgIpc) is 3.10. The number of carbonyl (C=O) groups excluding carboxylic acids is 2. The predicted octanol–water partition coefficient (Wildman–Crippen LogP) is 4.57. The van der Waals surface area contributed by atoms with E-state index in [2.05, 4.69) is 6.07 Å². The first-order valence-electron chi connectivity index (χ1n) is 11.0. The van der Waals surface area contributed by atoms with Gasteiger partial charge in [-0.3, -0.25) is 9.59 Å². The van der Waals surface area contributed by atoms with E-state index >= 15 is 0 Å². The highest BCUT2D eigenvalue weighted by Gasteiger charge is 2.43. The van der Waals surface area contributed by atoms with Crippen LogP contribution in [0.2, 0.25) is 0 Å². The lowest BCUT2D eigenvalue weighted by Crippen LogP contribution is -2.37. The molecule has 33 heavy (non-hydrogen) atoms. The Morgan fingerprint density at radius 3 is 2.30 bits per heavy atom. The van der Waals surface area contributed by atoms with E-state index in [0.29, 0.717) is 36.7 Å². The maximum atomic E-state index is 14.6. The van der Waals surface area contributed by atoms with Crippen molar-refractivity contribution >= 4 is 23.1 Å². The molecule has 0 fully saturated rings. The fourth-order valence-corrected chi connectivity index (χ4v) is 4.49. The number of para-hydroxylation sites is 1. The molecule has 2 aliphatic heterocycles. The summed E-state index contributed by atoms with van der Waals surface area (Å²) in [6.07, 6.45) is 0.761. The molecule has 3 aromatic rings. The largest absolute Gasteiger partial charge is 0.494 e. The Morgan fingerprint density at radius 1 is 0.879 bits per heavy atom. The Bertz CT molecular complexity index is 1270. The van der Waals surface area contributed by atoms with E-state index in [9.17, 15) is 14.0 Å². The van der Waals surface area contributed by atoms with E-state index in [0.717, 1.165) is 16.9 Å². The molecule has 0 unspecified atom stereocenters. The Hall–Kier alpha value is -3.93. The predicted molar refractivity (Wildman–Crippen MR) is 124 cm³/mol. The zero-order valence-corrected chi connectivity index (χ0v) is 18.3. The quantitative estimate of drug-likeness (QED) is 0.544. The summed E-state index contributed by atoms with van der Waals surface area (Å²) in [7, 11) is 0. The highest BCUT2D eigenvalue weighted by molar-refractivity contribution is 6.45. The summed E-state index contributed by atoms with van der Waals surface area (Å²) >= 11 is 0. The van der Waals surface area contributed by atoms with Crippen LogP contribution in [0.25, 0.3) is 5.57 Å². The molecule has 3 aromatic carbocycles. The van der Waals surface area contributed by atoms with Crippen molar-refractivity contribution in [3.63, 3.8) is 0 Å². The third-order valence-corrected chi connectivity index (χ3v) is 6.05. The van der Waals surface area contributed by atoms with Gasteiger partial charge in [0.15, 0.2) is 0 Å². The number of nitrogens with zero attached hydrogens (tertiary/aromatic N) is 2. The highest BCUT2D eigenvalue weighted by Crippen LogP contribution is 2.37. The van der Waals surface area contributed by atoms with Crippen molar-refractivity contribution in [2.24, 2.45) is 0 Å². The number of hydrogen-bond donors (Lipinski definition) is 0. The van der Waals surface area contributed by atoms with E-state index in [1.807, 2.05) is 30.0 Å². The average molecular weight is 442 g/mol. The molecule has 0 radical (unpaired) electrons. The Labute approximate surface area is 191 Å². The van der Waals surface area contributed by atoms with Crippen LogP contribution in [0.4, 0.5) is 10.1 Å². The lowest BCUT2D eigenvalue weighted by Gasteiger charge is -2.31. The van der Waals surface area contributed by atoms with Gasteiger partial charge in [-0.2, -0.15) is 0 Å². The fraction of sp³-hybridized carbons (Fsp3) is 0.185. The molecule has 2 aliphatic rings. The smallest absolute Gasteiger partial charge is 0.282 e. The van der Waals surface area contributed by atoms with Crippen molar-refractivity contribution in [3.8, 4) is 5.75 Å². The molecule has 2 heterocycles. The van der Waals surface area contributed by atoms with Crippen molar-refractivity contribution < 1.29 is 18.7 Å². The third kappa shape index (κ3) is 3.67. The number of amides is 2. The van der Waals surface area contributed by atoms with Crippen molar-refractivity contribution in [1.82, 2.24) is 4.90 Å². The second-order valence-corrected chi connectivity index (χ2v) is 8.02. The lowest BCUT2D eigenvalue weighted by atomic mass is 9.98. The van der Waals surface area contributed by atoms with Gasteiger partial charge in [0.2, 0.25) is 0 Å². The lowest BCUT2D eigenvalue weighted by molar-refractivity contribution is -0.120. The van der Waals surface area contributed by atoms with Crippen molar-refractivity contribution in [3.05, 3.63) is 101 Å². The minimum atomic E-state index is -0.615. The van der Waals surface area contributed by atoms with E-state index < -0.39 is 17.6 Å². The number of anilines is 1. The Balaban J connectivity index is 1.61. The number of ether oxygens (including phenoxy) is 1. The molecule has 0 saturated heterocycles. The van der Waals surface area contributed by atoms with Crippen molar-refractivity contribution in [2.45, 2.75) is 19.9 Å². The molecule has 0 aliphatic carbocycles. The van der Waals surface area contributed by atoms with Crippen LogP contribution in [-0.4, -0.2) is 29.9 Å².